The molecular formula is C32H33N5O5. The van der Waals surface area contributed by atoms with Gasteiger partial charge >= 0.3 is 0 Å². The van der Waals surface area contributed by atoms with E-state index in [1.54, 1.807) is 16.7 Å². The van der Waals surface area contributed by atoms with Crippen molar-refractivity contribution in [1.29, 1.82) is 0 Å². The molecular weight excluding hydrogens is 534 g/mol. The van der Waals surface area contributed by atoms with E-state index >= 15 is 0 Å². The van der Waals surface area contributed by atoms with Crippen molar-refractivity contribution in [2.75, 3.05) is 56.2 Å². The van der Waals surface area contributed by atoms with Gasteiger partial charge in [0.2, 0.25) is 5.91 Å². The topological polar surface area (TPSA) is 102 Å². The number of fused-ring (bicyclic) bond motifs is 4. The summed E-state index contributed by atoms with van der Waals surface area (Å²) in [6.07, 6.45) is 1.89. The van der Waals surface area contributed by atoms with Crippen LogP contribution in [-0.4, -0.2) is 78.3 Å². The summed E-state index contributed by atoms with van der Waals surface area (Å²) in [7, 11) is 0. The van der Waals surface area contributed by atoms with E-state index in [2.05, 4.69) is 15.1 Å². The van der Waals surface area contributed by atoms with Gasteiger partial charge in [-0.3, -0.25) is 18.9 Å². The molecule has 0 spiro atoms. The zero-order valence-corrected chi connectivity index (χ0v) is 23.7. The van der Waals surface area contributed by atoms with E-state index in [-0.39, 0.29) is 30.2 Å². The Labute approximate surface area is 242 Å². The summed E-state index contributed by atoms with van der Waals surface area (Å²) in [5, 5.41) is 4.86. The van der Waals surface area contributed by atoms with Gasteiger partial charge in [-0.15, -0.1) is 0 Å². The minimum Gasteiger partial charge on any atom is -0.455 e. The molecule has 0 saturated carbocycles. The Bertz CT molecular complexity index is 1850. The zero-order chi connectivity index (χ0) is 28.8. The van der Waals surface area contributed by atoms with Gasteiger partial charge in [0.1, 0.15) is 22.6 Å². The first kappa shape index (κ1) is 26.6. The van der Waals surface area contributed by atoms with Crippen LogP contribution in [0, 0.1) is 0 Å². The molecule has 2 aromatic carbocycles. The van der Waals surface area contributed by atoms with Crippen LogP contribution in [0.5, 0.6) is 0 Å². The van der Waals surface area contributed by atoms with Crippen molar-refractivity contribution in [2.45, 2.75) is 26.1 Å². The van der Waals surface area contributed by atoms with Crippen molar-refractivity contribution in [1.82, 2.24) is 14.3 Å². The Morgan fingerprint density at radius 1 is 1.00 bits per heavy atom. The molecule has 7 rings (SSSR count). The van der Waals surface area contributed by atoms with Gasteiger partial charge in [0, 0.05) is 55.0 Å². The molecule has 2 saturated heterocycles. The molecule has 0 radical (unpaired) electrons. The summed E-state index contributed by atoms with van der Waals surface area (Å²) < 4.78 is 19.3. The highest BCUT2D eigenvalue weighted by atomic mass is 16.5. The lowest BCUT2D eigenvalue weighted by Gasteiger charge is -2.34. The highest BCUT2D eigenvalue weighted by Crippen LogP contribution is 2.41. The number of para-hydroxylation sites is 1. The van der Waals surface area contributed by atoms with Crippen molar-refractivity contribution < 1.29 is 18.7 Å². The first-order chi connectivity index (χ1) is 20.4. The second-order valence-corrected chi connectivity index (χ2v) is 11.1. The molecule has 0 unspecified atom stereocenters. The van der Waals surface area contributed by atoms with Gasteiger partial charge in [0.25, 0.3) is 5.56 Å². The zero-order valence-electron chi connectivity index (χ0n) is 23.7. The predicted octanol–water partition coefficient (Wildman–Crippen LogP) is 4.15. The van der Waals surface area contributed by atoms with Crippen LogP contribution in [0.4, 0.5) is 11.5 Å². The normalized spacial score (nSPS) is 20.0. The Kier molecular flexibility index (Phi) is 6.89. The van der Waals surface area contributed by atoms with Crippen LogP contribution in [0.2, 0.25) is 0 Å². The van der Waals surface area contributed by atoms with Crippen molar-refractivity contribution in [3.05, 3.63) is 71.1 Å². The molecule has 2 fully saturated rings. The monoisotopic (exact) mass is 567 g/mol. The van der Waals surface area contributed by atoms with Gasteiger partial charge in [-0.05, 0) is 44.2 Å². The molecule has 0 aliphatic carbocycles. The molecule has 2 atom stereocenters. The highest BCUT2D eigenvalue weighted by molar-refractivity contribution is 6.18. The number of rotatable bonds is 5. The lowest BCUT2D eigenvalue weighted by atomic mass is 10.0. The Balaban J connectivity index is 1.32. The molecule has 2 aliphatic rings. The van der Waals surface area contributed by atoms with Gasteiger partial charge in [-0.2, -0.15) is 0 Å². The third kappa shape index (κ3) is 4.91. The van der Waals surface area contributed by atoms with Gasteiger partial charge in [0.15, 0.2) is 0 Å². The maximum atomic E-state index is 13.3. The number of nitrogens with one attached hydrogen (secondary N) is 1. The lowest BCUT2D eigenvalue weighted by molar-refractivity contribution is -0.121. The number of carbonyl (C=O) groups excluding carboxylic acids is 1. The average Bonchev–Trinajstić information content (AvgIpc) is 3.37. The largest absolute Gasteiger partial charge is 0.455 e. The number of furan rings is 1. The third-order valence-corrected chi connectivity index (χ3v) is 7.97. The Morgan fingerprint density at radius 3 is 2.60 bits per heavy atom. The maximum absolute atomic E-state index is 13.3. The van der Waals surface area contributed by atoms with Gasteiger partial charge in [-0.25, -0.2) is 4.98 Å². The molecule has 216 valence electrons. The standard InChI is InChI=1S/C32H33N5O5/c1-20-17-35(18-21(2)41-20)19-28(38)33-25-10-9-22(31-30(25)24-6-3-4-8-26(24)42-31)23-7-5-11-37-29(39)16-27(34-32(23)37)36-12-14-40-15-13-36/h3-11,16,20-21H,12-15,17-19H2,1-2H3,(H,33,38)/t20-,21+. The summed E-state index contributed by atoms with van der Waals surface area (Å²) in [5.74, 6) is 0.538. The van der Waals surface area contributed by atoms with Gasteiger partial charge in [-0.1, -0.05) is 18.2 Å². The molecule has 5 heterocycles. The lowest BCUT2D eigenvalue weighted by Crippen LogP contribution is -2.48. The smallest absolute Gasteiger partial charge is 0.259 e. The minimum atomic E-state index is -0.153. The van der Waals surface area contributed by atoms with Crippen molar-refractivity contribution in [2.24, 2.45) is 0 Å². The molecule has 10 nitrogen and oxygen atoms in total. The molecule has 2 aliphatic heterocycles. The number of hydrogen-bond acceptors (Lipinski definition) is 8. The number of amides is 1. The van der Waals surface area contributed by atoms with Crippen LogP contribution < -0.4 is 15.8 Å². The van der Waals surface area contributed by atoms with Crippen LogP contribution >= 0.6 is 0 Å². The summed E-state index contributed by atoms with van der Waals surface area (Å²) in [6, 6.07) is 17.0. The fourth-order valence-corrected chi connectivity index (χ4v) is 6.23. The highest BCUT2D eigenvalue weighted by Gasteiger charge is 2.25. The molecule has 42 heavy (non-hydrogen) atoms. The van der Waals surface area contributed by atoms with Crippen LogP contribution in [0.3, 0.4) is 0 Å². The number of aromatic nitrogens is 2. The van der Waals surface area contributed by atoms with Crippen LogP contribution in [0.25, 0.3) is 38.7 Å². The molecule has 3 aromatic heterocycles. The van der Waals surface area contributed by atoms with E-state index in [0.29, 0.717) is 67.7 Å². The number of benzene rings is 2. The van der Waals surface area contributed by atoms with Crippen molar-refractivity contribution in [3.63, 3.8) is 0 Å². The minimum absolute atomic E-state index is 0.0796. The predicted molar refractivity (Wildman–Crippen MR) is 162 cm³/mol. The van der Waals surface area contributed by atoms with E-state index < -0.39 is 0 Å². The first-order valence-corrected chi connectivity index (χ1v) is 14.4. The number of hydrogen-bond donors (Lipinski definition) is 1. The van der Waals surface area contributed by atoms with Crippen molar-refractivity contribution in [3.8, 4) is 11.1 Å². The fourth-order valence-electron chi connectivity index (χ4n) is 6.23. The number of carbonyl (C=O) groups is 1. The molecule has 5 aromatic rings. The van der Waals surface area contributed by atoms with E-state index in [1.165, 1.54) is 0 Å². The van der Waals surface area contributed by atoms with Gasteiger partial charge < -0.3 is 24.1 Å². The summed E-state index contributed by atoms with van der Waals surface area (Å²) in [5.41, 5.74) is 3.97. The number of pyridine rings is 1. The fraction of sp³-hybridized carbons (Fsp3) is 0.344. The quantitative estimate of drug-likeness (QED) is 0.338. The number of morpholine rings is 2. The summed E-state index contributed by atoms with van der Waals surface area (Å²) in [6.45, 7) is 8.29. The molecule has 10 heteroatoms. The first-order valence-electron chi connectivity index (χ1n) is 14.4. The second kappa shape index (κ2) is 10.9. The van der Waals surface area contributed by atoms with E-state index in [9.17, 15) is 9.59 Å². The van der Waals surface area contributed by atoms with Gasteiger partial charge in [0.05, 0.1) is 43.0 Å². The SMILES string of the molecule is C[C@@H]1CN(CC(=O)Nc2ccc(-c3cccn4c(=O)cc(N5CCOCC5)nc34)c3oc4ccccc4c23)C[C@H](C)O1. The Morgan fingerprint density at radius 2 is 1.79 bits per heavy atom. The molecule has 1 amide bonds. The van der Waals surface area contributed by atoms with E-state index in [0.717, 1.165) is 21.9 Å². The van der Waals surface area contributed by atoms with E-state index in [1.807, 2.05) is 62.4 Å². The summed E-state index contributed by atoms with van der Waals surface area (Å²) in [4.78, 5) is 35.6. The number of anilines is 2. The molecule has 0 bridgehead atoms. The number of ether oxygens (including phenoxy) is 2. The maximum Gasteiger partial charge on any atom is 0.259 e. The van der Waals surface area contributed by atoms with E-state index in [4.69, 9.17) is 18.9 Å². The number of nitrogens with zero attached hydrogens (tertiary/aromatic N) is 4. The average molecular weight is 568 g/mol. The Hall–Kier alpha value is -4.25. The molecule has 1 N–H and O–H groups in total. The van der Waals surface area contributed by atoms with Crippen molar-refractivity contribution >= 4 is 45.0 Å². The van der Waals surface area contributed by atoms with Crippen LogP contribution in [0.1, 0.15) is 13.8 Å². The van der Waals surface area contributed by atoms with Crippen LogP contribution in [-0.2, 0) is 14.3 Å². The van der Waals surface area contributed by atoms with Crippen LogP contribution in [0.15, 0.2) is 70.0 Å². The third-order valence-electron chi connectivity index (χ3n) is 7.97. The summed E-state index contributed by atoms with van der Waals surface area (Å²) >= 11 is 0. The second-order valence-electron chi connectivity index (χ2n) is 11.1.